The van der Waals surface area contributed by atoms with Crippen molar-refractivity contribution in [2.24, 2.45) is 5.92 Å². The quantitative estimate of drug-likeness (QED) is 0.601. The van der Waals surface area contributed by atoms with Crippen LogP contribution in [0.3, 0.4) is 0 Å². The number of carbonyl (C=O) groups excluding carboxylic acids is 2. The molecule has 6 heteroatoms. The Kier molecular flexibility index (Phi) is 9.37. The topological polar surface area (TPSA) is 49.4 Å². The van der Waals surface area contributed by atoms with E-state index in [2.05, 4.69) is 5.32 Å². The number of hydrogen-bond donors (Lipinski definition) is 1. The molecular weight excluding hydrogens is 399 g/mol. The average molecular weight is 431 g/mol. The molecule has 0 heterocycles. The number of rotatable bonds is 10. The monoisotopic (exact) mass is 430 g/mol. The standard InChI is InChI=1S/C24H31FN2O2S/c1-17(2)13-26-24(29)19(4)27(14-20-10-6-5-9-18(20)3)23(28)16-30-15-21-11-7-8-12-22(21)25/h5-12,17,19H,13-16H2,1-4H3,(H,26,29). The summed E-state index contributed by atoms with van der Waals surface area (Å²) in [5.74, 6) is 0.359. The maximum Gasteiger partial charge on any atom is 0.242 e. The summed E-state index contributed by atoms with van der Waals surface area (Å²) in [6, 6.07) is 13.8. The minimum absolute atomic E-state index is 0.133. The van der Waals surface area contributed by atoms with Gasteiger partial charge in [0, 0.05) is 18.8 Å². The van der Waals surface area contributed by atoms with Gasteiger partial charge >= 0.3 is 0 Å². The fraction of sp³-hybridized carbons (Fsp3) is 0.417. The van der Waals surface area contributed by atoms with E-state index in [0.29, 0.717) is 30.3 Å². The van der Waals surface area contributed by atoms with Gasteiger partial charge in [0.1, 0.15) is 11.9 Å². The van der Waals surface area contributed by atoms with Crippen LogP contribution in [0.5, 0.6) is 0 Å². The van der Waals surface area contributed by atoms with Gasteiger partial charge in [0.2, 0.25) is 11.8 Å². The molecule has 0 saturated carbocycles. The molecule has 30 heavy (non-hydrogen) atoms. The zero-order chi connectivity index (χ0) is 22.1. The maximum atomic E-state index is 13.8. The Hall–Kier alpha value is -2.34. The van der Waals surface area contributed by atoms with Crippen molar-refractivity contribution < 1.29 is 14.0 Å². The van der Waals surface area contributed by atoms with Crippen molar-refractivity contribution in [3.63, 3.8) is 0 Å². The Bertz CT molecular complexity index is 857. The third kappa shape index (κ3) is 7.17. The molecule has 0 aliphatic rings. The van der Waals surface area contributed by atoms with Crippen LogP contribution in [-0.4, -0.2) is 35.1 Å². The Morgan fingerprint density at radius 3 is 2.30 bits per heavy atom. The SMILES string of the molecule is Cc1ccccc1CN(C(=O)CSCc1ccccc1F)C(C)C(=O)NCC(C)C. The number of thioether (sulfide) groups is 1. The summed E-state index contributed by atoms with van der Waals surface area (Å²) in [5, 5.41) is 2.92. The highest BCUT2D eigenvalue weighted by atomic mass is 32.2. The minimum Gasteiger partial charge on any atom is -0.354 e. The van der Waals surface area contributed by atoms with Gasteiger partial charge in [-0.1, -0.05) is 56.3 Å². The number of nitrogens with one attached hydrogen (secondary N) is 1. The van der Waals surface area contributed by atoms with Crippen molar-refractivity contribution in [3.05, 3.63) is 71.0 Å². The summed E-state index contributed by atoms with van der Waals surface area (Å²) >= 11 is 1.36. The Morgan fingerprint density at radius 2 is 1.67 bits per heavy atom. The normalized spacial score (nSPS) is 11.9. The van der Waals surface area contributed by atoms with Gasteiger partial charge < -0.3 is 10.2 Å². The van der Waals surface area contributed by atoms with E-state index < -0.39 is 6.04 Å². The number of halogens is 1. The molecule has 1 atom stereocenters. The highest BCUT2D eigenvalue weighted by molar-refractivity contribution is 7.99. The Balaban J connectivity index is 2.08. The van der Waals surface area contributed by atoms with Crippen LogP contribution < -0.4 is 5.32 Å². The van der Waals surface area contributed by atoms with E-state index in [-0.39, 0.29) is 23.4 Å². The molecule has 0 aromatic heterocycles. The number of amides is 2. The second-order valence-corrected chi connectivity index (χ2v) is 8.83. The van der Waals surface area contributed by atoms with Crippen LogP contribution in [0.4, 0.5) is 4.39 Å². The van der Waals surface area contributed by atoms with Gasteiger partial charge in [-0.2, -0.15) is 0 Å². The Labute approximate surface area is 183 Å². The molecule has 0 bridgehead atoms. The van der Waals surface area contributed by atoms with Crippen molar-refractivity contribution in [1.29, 1.82) is 0 Å². The van der Waals surface area contributed by atoms with Crippen LogP contribution in [0.25, 0.3) is 0 Å². The second-order valence-electron chi connectivity index (χ2n) is 7.85. The van der Waals surface area contributed by atoms with Crippen LogP contribution in [0.1, 0.15) is 37.5 Å². The molecule has 0 spiro atoms. The molecule has 2 aromatic rings. The first-order chi connectivity index (χ1) is 14.3. The molecule has 2 rings (SSSR count). The summed E-state index contributed by atoms with van der Waals surface area (Å²) in [6.45, 7) is 8.74. The molecule has 2 aromatic carbocycles. The lowest BCUT2D eigenvalue weighted by Crippen LogP contribution is -2.48. The summed E-state index contributed by atoms with van der Waals surface area (Å²) in [4.78, 5) is 27.3. The first-order valence-corrected chi connectivity index (χ1v) is 11.4. The smallest absolute Gasteiger partial charge is 0.242 e. The lowest BCUT2D eigenvalue weighted by molar-refractivity contribution is -0.138. The molecule has 1 unspecified atom stereocenters. The lowest BCUT2D eigenvalue weighted by Gasteiger charge is -2.29. The second kappa shape index (κ2) is 11.7. The van der Waals surface area contributed by atoms with Gasteiger partial charge in [0.25, 0.3) is 0 Å². The zero-order valence-electron chi connectivity index (χ0n) is 18.2. The zero-order valence-corrected chi connectivity index (χ0v) is 19.0. The minimum atomic E-state index is -0.593. The summed E-state index contributed by atoms with van der Waals surface area (Å²) in [6.07, 6.45) is 0. The highest BCUT2D eigenvalue weighted by Gasteiger charge is 2.26. The van der Waals surface area contributed by atoms with Gasteiger partial charge in [0.05, 0.1) is 5.75 Å². The van der Waals surface area contributed by atoms with E-state index in [1.54, 1.807) is 30.0 Å². The van der Waals surface area contributed by atoms with Gasteiger partial charge in [-0.3, -0.25) is 9.59 Å². The van der Waals surface area contributed by atoms with Gasteiger partial charge in [-0.15, -0.1) is 11.8 Å². The largest absolute Gasteiger partial charge is 0.354 e. The summed E-state index contributed by atoms with van der Waals surface area (Å²) in [7, 11) is 0. The molecule has 0 radical (unpaired) electrons. The first-order valence-electron chi connectivity index (χ1n) is 10.2. The van der Waals surface area contributed by atoms with E-state index in [1.165, 1.54) is 17.8 Å². The lowest BCUT2D eigenvalue weighted by atomic mass is 10.1. The van der Waals surface area contributed by atoms with Gasteiger partial charge in [-0.05, 0) is 42.5 Å². The number of carbonyl (C=O) groups is 2. The van der Waals surface area contributed by atoms with Crippen molar-refractivity contribution in [2.75, 3.05) is 12.3 Å². The number of hydrogen-bond acceptors (Lipinski definition) is 3. The average Bonchev–Trinajstić information content (AvgIpc) is 2.72. The van der Waals surface area contributed by atoms with Crippen molar-refractivity contribution in [1.82, 2.24) is 10.2 Å². The molecular formula is C24H31FN2O2S. The predicted molar refractivity (Wildman–Crippen MR) is 122 cm³/mol. The number of aryl methyl sites for hydroxylation is 1. The summed E-state index contributed by atoms with van der Waals surface area (Å²) in [5.41, 5.74) is 2.65. The van der Waals surface area contributed by atoms with Crippen molar-refractivity contribution in [3.8, 4) is 0 Å². The van der Waals surface area contributed by atoms with Crippen LogP contribution in [0, 0.1) is 18.7 Å². The fourth-order valence-corrected chi connectivity index (χ4v) is 3.85. The van der Waals surface area contributed by atoms with E-state index in [4.69, 9.17) is 0 Å². The van der Waals surface area contributed by atoms with Crippen LogP contribution in [0.15, 0.2) is 48.5 Å². The number of benzene rings is 2. The molecule has 2 amide bonds. The predicted octanol–water partition coefficient (Wildman–Crippen LogP) is 4.56. The van der Waals surface area contributed by atoms with E-state index >= 15 is 0 Å². The Morgan fingerprint density at radius 1 is 1.03 bits per heavy atom. The molecule has 0 aliphatic carbocycles. The fourth-order valence-electron chi connectivity index (χ4n) is 2.95. The van der Waals surface area contributed by atoms with Crippen LogP contribution in [-0.2, 0) is 21.9 Å². The van der Waals surface area contributed by atoms with Crippen LogP contribution >= 0.6 is 11.8 Å². The maximum absolute atomic E-state index is 13.8. The van der Waals surface area contributed by atoms with E-state index in [9.17, 15) is 14.0 Å². The molecule has 0 fully saturated rings. The third-order valence-electron chi connectivity index (χ3n) is 4.89. The summed E-state index contributed by atoms with van der Waals surface area (Å²) < 4.78 is 13.8. The molecule has 0 aliphatic heterocycles. The molecule has 0 saturated heterocycles. The first kappa shape index (κ1) is 23.9. The highest BCUT2D eigenvalue weighted by Crippen LogP contribution is 2.19. The van der Waals surface area contributed by atoms with Crippen molar-refractivity contribution in [2.45, 2.75) is 46.0 Å². The third-order valence-corrected chi connectivity index (χ3v) is 5.86. The van der Waals surface area contributed by atoms with E-state index in [1.807, 2.05) is 45.0 Å². The molecule has 1 N–H and O–H groups in total. The van der Waals surface area contributed by atoms with Gasteiger partial charge in [-0.25, -0.2) is 4.39 Å². The number of nitrogens with zero attached hydrogens (tertiary/aromatic N) is 1. The van der Waals surface area contributed by atoms with Crippen molar-refractivity contribution >= 4 is 23.6 Å². The molecule has 4 nitrogen and oxygen atoms in total. The van der Waals surface area contributed by atoms with Gasteiger partial charge in [0.15, 0.2) is 0 Å². The van der Waals surface area contributed by atoms with Crippen LogP contribution in [0.2, 0.25) is 0 Å². The van der Waals surface area contributed by atoms with E-state index in [0.717, 1.165) is 11.1 Å². The molecule has 162 valence electrons.